The zero-order valence-electron chi connectivity index (χ0n) is 15.6. The van der Waals surface area contributed by atoms with Crippen LogP contribution in [0.15, 0.2) is 0 Å². The fourth-order valence-corrected chi connectivity index (χ4v) is 5.37. The number of fused-ring (bicyclic) bond motifs is 2. The number of hydrogen-bond donors (Lipinski definition) is 0. The van der Waals surface area contributed by atoms with Crippen LogP contribution < -0.4 is 4.90 Å². The number of unbranched alkanes of at least 4 members (excludes halogenated alkanes) is 1. The highest BCUT2D eigenvalue weighted by Crippen LogP contribution is 2.41. The van der Waals surface area contributed by atoms with E-state index in [1.165, 1.54) is 0 Å². The molecule has 1 fully saturated rings. The van der Waals surface area contributed by atoms with Crippen LogP contribution in [0, 0.1) is 6.92 Å². The van der Waals surface area contributed by atoms with E-state index in [2.05, 4.69) is 4.98 Å². The van der Waals surface area contributed by atoms with Crippen LogP contribution >= 0.6 is 0 Å². The van der Waals surface area contributed by atoms with E-state index in [1.54, 1.807) is 4.31 Å². The average molecular weight is 369 g/mol. The van der Waals surface area contributed by atoms with E-state index in [-0.39, 0.29) is 11.2 Å². The number of aryl methyl sites for hydroxylation is 1. The summed E-state index contributed by atoms with van der Waals surface area (Å²) >= 11 is 0. The van der Waals surface area contributed by atoms with Gasteiger partial charge in [-0.2, -0.15) is 0 Å². The van der Waals surface area contributed by atoms with Crippen molar-refractivity contribution in [3.05, 3.63) is 17.0 Å². The van der Waals surface area contributed by atoms with Crippen LogP contribution in [0.3, 0.4) is 0 Å². The average Bonchev–Trinajstić information content (AvgIpc) is 2.99. The number of aromatic nitrogens is 2. The maximum Gasteiger partial charge on any atom is 0.225 e. The van der Waals surface area contributed by atoms with Crippen molar-refractivity contribution >= 4 is 16.0 Å². The van der Waals surface area contributed by atoms with Crippen molar-refractivity contribution in [1.29, 1.82) is 0 Å². The van der Waals surface area contributed by atoms with Gasteiger partial charge in [-0.05, 0) is 19.8 Å². The van der Waals surface area contributed by atoms with Crippen molar-refractivity contribution in [3.8, 4) is 0 Å². The van der Waals surface area contributed by atoms with E-state index in [1.807, 2.05) is 32.8 Å². The molecule has 0 radical (unpaired) electrons. The number of nitrogens with zero attached hydrogens (tertiary/aromatic N) is 4. The Balaban J connectivity index is 1.95. The lowest BCUT2D eigenvalue weighted by Gasteiger charge is -2.35. The molecule has 3 heterocycles. The zero-order valence-corrected chi connectivity index (χ0v) is 16.4. The van der Waals surface area contributed by atoms with Gasteiger partial charge in [0.1, 0.15) is 0 Å². The SMILES string of the molecule is CCCCS(=O)(=O)N1CC[C@@]2(COCc3c(C)nc(N(C)C)nc32)C1. The van der Waals surface area contributed by atoms with Gasteiger partial charge in [-0.25, -0.2) is 22.7 Å². The normalized spacial score (nSPS) is 23.8. The summed E-state index contributed by atoms with van der Waals surface area (Å²) in [6.07, 6.45) is 2.32. The molecule has 0 aromatic carbocycles. The fraction of sp³-hybridized carbons (Fsp3) is 0.765. The topological polar surface area (TPSA) is 75.6 Å². The van der Waals surface area contributed by atoms with Crippen LogP contribution in [0.25, 0.3) is 0 Å². The third-order valence-electron chi connectivity index (χ3n) is 5.20. The molecule has 25 heavy (non-hydrogen) atoms. The fourth-order valence-electron chi connectivity index (χ4n) is 3.65. The van der Waals surface area contributed by atoms with Gasteiger partial charge in [0.05, 0.1) is 30.1 Å². The Labute approximate surface area is 150 Å². The Morgan fingerprint density at radius 1 is 1.32 bits per heavy atom. The third-order valence-corrected chi connectivity index (χ3v) is 7.10. The molecule has 0 amide bonds. The van der Waals surface area contributed by atoms with Gasteiger partial charge in [-0.3, -0.25) is 0 Å². The van der Waals surface area contributed by atoms with E-state index in [9.17, 15) is 8.42 Å². The van der Waals surface area contributed by atoms with Crippen molar-refractivity contribution < 1.29 is 13.2 Å². The minimum absolute atomic E-state index is 0.221. The van der Waals surface area contributed by atoms with E-state index in [0.29, 0.717) is 38.7 Å². The van der Waals surface area contributed by atoms with E-state index in [0.717, 1.165) is 29.8 Å². The molecule has 1 atom stereocenters. The van der Waals surface area contributed by atoms with Crippen molar-refractivity contribution in [2.45, 2.75) is 45.1 Å². The quantitative estimate of drug-likeness (QED) is 0.783. The first-order valence-electron chi connectivity index (χ1n) is 8.90. The van der Waals surface area contributed by atoms with E-state index in [4.69, 9.17) is 9.72 Å². The molecule has 2 aliphatic rings. The van der Waals surface area contributed by atoms with Crippen molar-refractivity contribution in [2.75, 3.05) is 44.4 Å². The van der Waals surface area contributed by atoms with Gasteiger partial charge >= 0.3 is 0 Å². The standard InChI is InChI=1S/C17H28N4O3S/c1-5-6-9-25(22,23)21-8-7-17(11-21)12-24-10-14-13(2)18-16(20(3)4)19-15(14)17/h5-12H2,1-4H3/t17-/m0/s1. The number of hydrogen-bond acceptors (Lipinski definition) is 6. The molecule has 7 nitrogen and oxygen atoms in total. The van der Waals surface area contributed by atoms with Crippen LogP contribution in [-0.4, -0.2) is 62.2 Å². The summed E-state index contributed by atoms with van der Waals surface area (Å²) in [6, 6.07) is 0. The molecule has 140 valence electrons. The number of ether oxygens (including phenoxy) is 1. The van der Waals surface area contributed by atoms with Crippen LogP contribution in [0.1, 0.15) is 43.1 Å². The molecule has 8 heteroatoms. The Bertz CT molecular complexity index is 751. The first-order chi connectivity index (χ1) is 11.8. The molecule has 0 N–H and O–H groups in total. The van der Waals surface area contributed by atoms with Gasteiger partial charge < -0.3 is 9.64 Å². The first kappa shape index (κ1) is 18.5. The predicted molar refractivity (Wildman–Crippen MR) is 97.3 cm³/mol. The zero-order chi connectivity index (χ0) is 18.2. The second kappa shape index (κ2) is 6.81. The molecule has 0 aliphatic carbocycles. The molecule has 0 saturated carbocycles. The van der Waals surface area contributed by atoms with Gasteiger partial charge in [-0.15, -0.1) is 0 Å². The summed E-state index contributed by atoms with van der Waals surface area (Å²) in [7, 11) is 0.627. The predicted octanol–water partition coefficient (Wildman–Crippen LogP) is 1.45. The number of sulfonamides is 1. The van der Waals surface area contributed by atoms with Crippen LogP contribution in [0.2, 0.25) is 0 Å². The summed E-state index contributed by atoms with van der Waals surface area (Å²) in [5.41, 5.74) is 2.55. The summed E-state index contributed by atoms with van der Waals surface area (Å²) in [5.74, 6) is 0.892. The summed E-state index contributed by atoms with van der Waals surface area (Å²) in [6.45, 7) is 5.99. The molecular weight excluding hydrogens is 340 g/mol. The van der Waals surface area contributed by atoms with Crippen molar-refractivity contribution in [2.24, 2.45) is 0 Å². The molecule has 1 aromatic heterocycles. The maximum atomic E-state index is 12.6. The van der Waals surface area contributed by atoms with Crippen molar-refractivity contribution in [1.82, 2.24) is 14.3 Å². The van der Waals surface area contributed by atoms with Gasteiger partial charge in [0.2, 0.25) is 16.0 Å². The summed E-state index contributed by atoms with van der Waals surface area (Å²) in [5, 5.41) is 0. The maximum absolute atomic E-state index is 12.6. The van der Waals surface area contributed by atoms with Crippen molar-refractivity contribution in [3.63, 3.8) is 0 Å². The van der Waals surface area contributed by atoms with Gasteiger partial charge in [-0.1, -0.05) is 13.3 Å². The minimum Gasteiger partial charge on any atom is -0.376 e. The number of rotatable bonds is 5. The Morgan fingerprint density at radius 2 is 2.08 bits per heavy atom. The van der Waals surface area contributed by atoms with Crippen LogP contribution in [-0.2, 0) is 26.8 Å². The highest BCUT2D eigenvalue weighted by Gasteiger charge is 2.48. The molecule has 0 unspecified atom stereocenters. The largest absolute Gasteiger partial charge is 0.376 e. The lowest BCUT2D eigenvalue weighted by atomic mass is 9.80. The smallest absolute Gasteiger partial charge is 0.225 e. The number of anilines is 1. The summed E-state index contributed by atoms with van der Waals surface area (Å²) < 4.78 is 32.7. The summed E-state index contributed by atoms with van der Waals surface area (Å²) in [4.78, 5) is 11.2. The lowest BCUT2D eigenvalue weighted by molar-refractivity contribution is 0.0526. The molecule has 1 aromatic rings. The van der Waals surface area contributed by atoms with Gasteiger partial charge in [0.25, 0.3) is 0 Å². The molecule has 2 aliphatic heterocycles. The van der Waals surface area contributed by atoms with Gasteiger partial charge in [0, 0.05) is 38.4 Å². The van der Waals surface area contributed by atoms with E-state index < -0.39 is 10.0 Å². The van der Waals surface area contributed by atoms with E-state index >= 15 is 0 Å². The lowest BCUT2D eigenvalue weighted by Crippen LogP contribution is -2.42. The molecule has 0 bridgehead atoms. The first-order valence-corrected chi connectivity index (χ1v) is 10.5. The highest BCUT2D eigenvalue weighted by atomic mass is 32.2. The second-order valence-corrected chi connectivity index (χ2v) is 9.45. The van der Waals surface area contributed by atoms with Crippen LogP contribution in [0.5, 0.6) is 0 Å². The Morgan fingerprint density at radius 3 is 2.76 bits per heavy atom. The van der Waals surface area contributed by atoms with Crippen LogP contribution in [0.4, 0.5) is 5.95 Å². The second-order valence-electron chi connectivity index (χ2n) is 7.36. The Hall–Kier alpha value is -1.25. The minimum atomic E-state index is -3.21. The Kier molecular flexibility index (Phi) is 5.05. The highest BCUT2D eigenvalue weighted by molar-refractivity contribution is 7.89. The monoisotopic (exact) mass is 368 g/mol. The third kappa shape index (κ3) is 3.39. The molecular formula is C17H28N4O3S. The molecule has 1 spiro atoms. The molecule has 1 saturated heterocycles. The van der Waals surface area contributed by atoms with Gasteiger partial charge in [0.15, 0.2) is 0 Å². The molecule has 3 rings (SSSR count).